The summed E-state index contributed by atoms with van der Waals surface area (Å²) < 4.78 is 1.07. The average Bonchev–Trinajstić information content (AvgIpc) is 3.30. The van der Waals surface area contributed by atoms with Crippen LogP contribution in [0, 0.1) is 24.2 Å². The van der Waals surface area contributed by atoms with Crippen LogP contribution in [0.5, 0.6) is 0 Å². The SMILES string of the molecule is Cc1ccc(C(C)Nc2nc(N3CC(C4CCCN(C5CC(C)(C(=O)O)C5)C4)C3)nc3ccsc23)c(Cl)c1. The number of aryl methyl sites for hydroxylation is 1. The summed E-state index contributed by atoms with van der Waals surface area (Å²) in [5, 5.41) is 15.9. The standard InChI is InChI=1S/C29H36ClN5O2S/c1-17-6-7-22(23(30)11-17)18(2)31-26-25-24(8-10-38-25)32-28(33-26)35-15-20(16-35)19-5-4-9-34(14-19)21-12-29(3,13-21)27(36)37/h6-8,10-11,18-21H,4-5,9,12-16H2,1-3H3,(H,36,37)(H,31,32,33). The van der Waals surface area contributed by atoms with E-state index in [2.05, 4.69) is 45.6 Å². The molecule has 2 aliphatic heterocycles. The van der Waals surface area contributed by atoms with Crippen molar-refractivity contribution in [3.05, 3.63) is 45.8 Å². The van der Waals surface area contributed by atoms with Crippen LogP contribution in [-0.4, -0.2) is 58.2 Å². The van der Waals surface area contributed by atoms with Gasteiger partial charge in [0.2, 0.25) is 5.95 Å². The summed E-state index contributed by atoms with van der Waals surface area (Å²) in [6.45, 7) is 10.2. The molecule has 3 aliphatic rings. The number of nitrogens with zero attached hydrogens (tertiary/aromatic N) is 4. The molecule has 4 heterocycles. The number of carboxylic acid groups (broad SMARTS) is 1. The smallest absolute Gasteiger partial charge is 0.309 e. The fourth-order valence-corrected chi connectivity index (χ4v) is 7.68. The molecule has 3 aromatic rings. The zero-order valence-electron chi connectivity index (χ0n) is 22.3. The highest BCUT2D eigenvalue weighted by Crippen LogP contribution is 2.45. The Morgan fingerprint density at radius 2 is 2.00 bits per heavy atom. The number of anilines is 2. The number of thiophene rings is 1. The van der Waals surface area contributed by atoms with Gasteiger partial charge in [-0.15, -0.1) is 11.3 Å². The third kappa shape index (κ3) is 4.75. The second-order valence-electron chi connectivity index (χ2n) is 11.9. The molecule has 1 aromatic carbocycles. The van der Waals surface area contributed by atoms with E-state index in [9.17, 15) is 9.90 Å². The minimum absolute atomic E-state index is 0.0167. The molecule has 2 N–H and O–H groups in total. The third-order valence-electron chi connectivity index (χ3n) is 9.02. The molecule has 7 nitrogen and oxygen atoms in total. The maximum atomic E-state index is 11.5. The van der Waals surface area contributed by atoms with Crippen LogP contribution in [0.2, 0.25) is 5.02 Å². The lowest BCUT2D eigenvalue weighted by molar-refractivity contribution is -0.158. The van der Waals surface area contributed by atoms with Gasteiger partial charge in [-0.3, -0.25) is 4.79 Å². The number of hydrogen-bond donors (Lipinski definition) is 2. The molecule has 0 radical (unpaired) electrons. The van der Waals surface area contributed by atoms with Crippen LogP contribution in [0.15, 0.2) is 29.6 Å². The Bertz CT molecular complexity index is 1350. The number of likely N-dealkylation sites (tertiary alicyclic amines) is 1. The number of hydrogen-bond acceptors (Lipinski definition) is 7. The Labute approximate surface area is 233 Å². The Kier molecular flexibility index (Phi) is 6.77. The highest BCUT2D eigenvalue weighted by atomic mass is 35.5. The van der Waals surface area contributed by atoms with E-state index in [4.69, 9.17) is 21.6 Å². The van der Waals surface area contributed by atoms with E-state index in [0.717, 1.165) is 77.2 Å². The number of fused-ring (bicyclic) bond motifs is 1. The van der Waals surface area contributed by atoms with Gasteiger partial charge in [0.25, 0.3) is 0 Å². The van der Waals surface area contributed by atoms with Crippen molar-refractivity contribution in [1.29, 1.82) is 0 Å². The zero-order chi connectivity index (χ0) is 26.6. The topological polar surface area (TPSA) is 81.6 Å². The highest BCUT2D eigenvalue weighted by Gasteiger charge is 2.49. The molecule has 9 heteroatoms. The summed E-state index contributed by atoms with van der Waals surface area (Å²) in [4.78, 5) is 26.3. The summed E-state index contributed by atoms with van der Waals surface area (Å²) in [5.41, 5.74) is 2.65. The second-order valence-corrected chi connectivity index (χ2v) is 13.2. The first-order chi connectivity index (χ1) is 18.2. The predicted octanol–water partition coefficient (Wildman–Crippen LogP) is 6.23. The van der Waals surface area contributed by atoms with E-state index < -0.39 is 11.4 Å². The minimum Gasteiger partial charge on any atom is -0.481 e. The van der Waals surface area contributed by atoms with Crippen molar-refractivity contribution in [2.75, 3.05) is 36.4 Å². The van der Waals surface area contributed by atoms with Gasteiger partial charge in [-0.05, 0) is 93.5 Å². The molecule has 6 rings (SSSR count). The first-order valence-corrected chi connectivity index (χ1v) is 15.0. The second kappa shape index (κ2) is 9.96. The van der Waals surface area contributed by atoms with Crippen LogP contribution in [0.3, 0.4) is 0 Å². The van der Waals surface area contributed by atoms with Gasteiger partial charge in [-0.25, -0.2) is 4.98 Å². The monoisotopic (exact) mass is 553 g/mol. The van der Waals surface area contributed by atoms with Crippen molar-refractivity contribution < 1.29 is 9.90 Å². The van der Waals surface area contributed by atoms with Crippen molar-refractivity contribution in [2.45, 2.75) is 58.5 Å². The number of halogens is 1. The van der Waals surface area contributed by atoms with E-state index in [1.54, 1.807) is 11.3 Å². The Morgan fingerprint density at radius 1 is 1.21 bits per heavy atom. The van der Waals surface area contributed by atoms with Gasteiger partial charge in [0.1, 0.15) is 5.82 Å². The van der Waals surface area contributed by atoms with Gasteiger partial charge in [-0.1, -0.05) is 23.7 Å². The van der Waals surface area contributed by atoms with Crippen molar-refractivity contribution >= 4 is 50.9 Å². The predicted molar refractivity (Wildman–Crippen MR) is 154 cm³/mol. The van der Waals surface area contributed by atoms with Crippen LogP contribution < -0.4 is 10.2 Å². The van der Waals surface area contributed by atoms with Gasteiger partial charge in [0, 0.05) is 30.7 Å². The lowest BCUT2D eigenvalue weighted by Gasteiger charge is -2.52. The number of rotatable bonds is 7. The molecule has 1 saturated carbocycles. The number of aliphatic carboxylic acids is 1. The summed E-state index contributed by atoms with van der Waals surface area (Å²) in [7, 11) is 0. The Balaban J connectivity index is 1.11. The van der Waals surface area contributed by atoms with Crippen LogP contribution in [0.1, 0.15) is 56.7 Å². The molecule has 2 aromatic heterocycles. The molecule has 202 valence electrons. The van der Waals surface area contributed by atoms with Crippen LogP contribution in [0.25, 0.3) is 10.2 Å². The van der Waals surface area contributed by atoms with E-state index in [-0.39, 0.29) is 6.04 Å². The molecule has 1 aliphatic carbocycles. The summed E-state index contributed by atoms with van der Waals surface area (Å²) in [6, 6.07) is 8.69. The van der Waals surface area contributed by atoms with Crippen molar-refractivity contribution in [3.8, 4) is 0 Å². The third-order valence-corrected chi connectivity index (χ3v) is 10.3. The Morgan fingerprint density at radius 3 is 2.74 bits per heavy atom. The lowest BCUT2D eigenvalue weighted by Crippen LogP contribution is -2.58. The van der Waals surface area contributed by atoms with Crippen LogP contribution in [0.4, 0.5) is 11.8 Å². The molecular formula is C29H36ClN5O2S. The zero-order valence-corrected chi connectivity index (χ0v) is 23.9. The summed E-state index contributed by atoms with van der Waals surface area (Å²) in [6.07, 6.45) is 4.01. The number of benzene rings is 1. The molecule has 3 fully saturated rings. The Hall–Kier alpha value is -2.42. The quantitative estimate of drug-likeness (QED) is 0.359. The molecule has 0 amide bonds. The summed E-state index contributed by atoms with van der Waals surface area (Å²) in [5.74, 6) is 2.29. The molecule has 2 unspecified atom stereocenters. The van der Waals surface area contributed by atoms with Crippen LogP contribution >= 0.6 is 22.9 Å². The number of carbonyl (C=O) groups is 1. The maximum Gasteiger partial charge on any atom is 0.309 e. The molecule has 0 bridgehead atoms. The van der Waals surface area contributed by atoms with E-state index in [1.165, 1.54) is 12.8 Å². The molecule has 2 atom stereocenters. The fraction of sp³-hybridized carbons (Fsp3) is 0.552. The first kappa shape index (κ1) is 25.8. The molecule has 0 spiro atoms. The number of piperidine rings is 1. The van der Waals surface area contributed by atoms with Crippen molar-refractivity contribution in [1.82, 2.24) is 14.9 Å². The molecule has 2 saturated heterocycles. The molecular weight excluding hydrogens is 518 g/mol. The van der Waals surface area contributed by atoms with Gasteiger partial charge >= 0.3 is 5.97 Å². The van der Waals surface area contributed by atoms with E-state index in [0.29, 0.717) is 17.9 Å². The fourth-order valence-electron chi connectivity index (χ4n) is 6.50. The van der Waals surface area contributed by atoms with Crippen molar-refractivity contribution in [3.63, 3.8) is 0 Å². The lowest BCUT2D eigenvalue weighted by atomic mass is 9.65. The van der Waals surface area contributed by atoms with E-state index >= 15 is 0 Å². The van der Waals surface area contributed by atoms with Crippen LogP contribution in [-0.2, 0) is 4.79 Å². The number of nitrogens with one attached hydrogen (secondary N) is 1. The van der Waals surface area contributed by atoms with Crippen molar-refractivity contribution in [2.24, 2.45) is 17.3 Å². The van der Waals surface area contributed by atoms with Gasteiger partial charge < -0.3 is 20.2 Å². The average molecular weight is 554 g/mol. The van der Waals surface area contributed by atoms with Gasteiger partial charge in [0.15, 0.2) is 0 Å². The number of aromatic nitrogens is 2. The normalized spacial score (nSPS) is 27.1. The van der Waals surface area contributed by atoms with Gasteiger partial charge in [-0.2, -0.15) is 4.98 Å². The minimum atomic E-state index is -0.648. The van der Waals surface area contributed by atoms with Gasteiger partial charge in [0.05, 0.1) is 21.7 Å². The summed E-state index contributed by atoms with van der Waals surface area (Å²) >= 11 is 8.21. The maximum absolute atomic E-state index is 11.5. The highest BCUT2D eigenvalue weighted by molar-refractivity contribution is 7.17. The largest absolute Gasteiger partial charge is 0.481 e. The first-order valence-electron chi connectivity index (χ1n) is 13.7. The van der Waals surface area contributed by atoms with E-state index in [1.807, 2.05) is 19.9 Å². The number of carboxylic acids is 1. The molecule has 38 heavy (non-hydrogen) atoms.